The molecule has 0 bridgehead atoms. The van der Waals surface area contributed by atoms with Gasteiger partial charge in [-0.15, -0.1) is 0 Å². The Morgan fingerprint density at radius 3 is 2.71 bits per heavy atom. The molecule has 1 amide bonds. The predicted octanol–water partition coefficient (Wildman–Crippen LogP) is 5.06. The van der Waals surface area contributed by atoms with Crippen molar-refractivity contribution in [1.29, 1.82) is 0 Å². The van der Waals surface area contributed by atoms with E-state index in [-0.39, 0.29) is 17.7 Å². The van der Waals surface area contributed by atoms with Crippen LogP contribution < -0.4 is 10.6 Å². The molecule has 5 nitrogen and oxygen atoms in total. The van der Waals surface area contributed by atoms with Crippen LogP contribution in [0.25, 0.3) is 10.9 Å². The van der Waals surface area contributed by atoms with Crippen molar-refractivity contribution in [2.24, 2.45) is 4.99 Å². The van der Waals surface area contributed by atoms with Crippen LogP contribution in [0.1, 0.15) is 21.5 Å². The van der Waals surface area contributed by atoms with Gasteiger partial charge >= 0.3 is 0 Å². The van der Waals surface area contributed by atoms with Gasteiger partial charge in [0.2, 0.25) is 5.96 Å². The normalized spacial score (nSPS) is 11.5. The Bertz CT molecular complexity index is 1250. The number of nitrogens with one attached hydrogen (secondary N) is 3. The Kier molecular flexibility index (Phi) is 6.08. The van der Waals surface area contributed by atoms with Crippen LogP contribution >= 0.6 is 0 Å². The van der Waals surface area contributed by atoms with Crippen molar-refractivity contribution in [3.05, 3.63) is 102 Å². The number of carbonyl (C=O) groups excluding carboxylic acids is 1. The number of rotatable bonds is 5. The Morgan fingerprint density at radius 2 is 1.87 bits per heavy atom. The molecule has 6 heteroatoms. The molecule has 0 spiro atoms. The number of benzene rings is 3. The smallest absolute Gasteiger partial charge is 0.257 e. The van der Waals surface area contributed by atoms with Crippen LogP contribution in [0, 0.1) is 12.7 Å². The highest BCUT2D eigenvalue weighted by atomic mass is 19.1. The lowest BCUT2D eigenvalue weighted by Crippen LogP contribution is -2.36. The van der Waals surface area contributed by atoms with Crippen molar-refractivity contribution in [2.75, 3.05) is 11.9 Å². The minimum Gasteiger partial charge on any atom is -0.361 e. The molecule has 4 aromatic rings. The summed E-state index contributed by atoms with van der Waals surface area (Å²) >= 11 is 0. The number of hydrogen-bond acceptors (Lipinski definition) is 2. The van der Waals surface area contributed by atoms with Crippen LogP contribution in [0.4, 0.5) is 10.1 Å². The van der Waals surface area contributed by atoms with E-state index in [1.54, 1.807) is 24.3 Å². The number of guanidine groups is 1. The van der Waals surface area contributed by atoms with Gasteiger partial charge in [-0.05, 0) is 55.3 Å². The van der Waals surface area contributed by atoms with E-state index in [2.05, 4.69) is 26.7 Å². The quantitative estimate of drug-likeness (QED) is 0.316. The molecule has 0 fully saturated rings. The molecule has 1 heterocycles. The number of H-pyrrole nitrogens is 1. The number of para-hydroxylation sites is 1. The molecule has 0 aliphatic rings. The van der Waals surface area contributed by atoms with Gasteiger partial charge in [-0.25, -0.2) is 4.39 Å². The van der Waals surface area contributed by atoms with Gasteiger partial charge in [-0.3, -0.25) is 15.1 Å². The molecular weight excluding hydrogens is 391 g/mol. The van der Waals surface area contributed by atoms with Gasteiger partial charge in [0, 0.05) is 34.9 Å². The summed E-state index contributed by atoms with van der Waals surface area (Å²) < 4.78 is 13.6. The van der Waals surface area contributed by atoms with Crippen LogP contribution in [0.2, 0.25) is 0 Å². The number of aromatic amines is 1. The lowest BCUT2D eigenvalue weighted by molar-refractivity contribution is 0.0977. The first-order valence-electron chi connectivity index (χ1n) is 10.1. The summed E-state index contributed by atoms with van der Waals surface area (Å²) in [7, 11) is 0. The number of amides is 1. The Labute approximate surface area is 180 Å². The molecule has 0 saturated carbocycles. The Hall–Kier alpha value is -3.93. The molecule has 1 aromatic heterocycles. The molecule has 156 valence electrons. The van der Waals surface area contributed by atoms with E-state index in [4.69, 9.17) is 0 Å². The molecule has 4 rings (SSSR count). The molecule has 3 N–H and O–H groups in total. The number of aliphatic imine (C=N–C) groups is 1. The summed E-state index contributed by atoms with van der Waals surface area (Å²) in [5.74, 6) is -0.372. The number of nitrogens with zero attached hydrogens (tertiary/aromatic N) is 1. The van der Waals surface area contributed by atoms with Crippen molar-refractivity contribution in [3.63, 3.8) is 0 Å². The molecule has 0 aliphatic heterocycles. The number of aromatic nitrogens is 1. The summed E-state index contributed by atoms with van der Waals surface area (Å²) in [5, 5.41) is 6.99. The molecule has 0 saturated heterocycles. The minimum atomic E-state index is -0.367. The topological polar surface area (TPSA) is 69.3 Å². The monoisotopic (exact) mass is 414 g/mol. The lowest BCUT2D eigenvalue weighted by atomic mass is 10.1. The van der Waals surface area contributed by atoms with Crippen molar-refractivity contribution in [1.82, 2.24) is 10.3 Å². The van der Waals surface area contributed by atoms with Crippen molar-refractivity contribution in [3.8, 4) is 0 Å². The summed E-state index contributed by atoms with van der Waals surface area (Å²) in [6, 6.07) is 21.4. The lowest BCUT2D eigenvalue weighted by Gasteiger charge is -2.12. The zero-order valence-corrected chi connectivity index (χ0v) is 17.2. The van der Waals surface area contributed by atoms with Gasteiger partial charge in [-0.1, -0.05) is 42.0 Å². The number of fused-ring (bicyclic) bond motifs is 1. The average Bonchev–Trinajstić information content (AvgIpc) is 3.17. The molecule has 0 aliphatic carbocycles. The zero-order chi connectivity index (χ0) is 21.6. The number of carbonyl (C=O) groups is 1. The van der Waals surface area contributed by atoms with Gasteiger partial charge in [0.15, 0.2) is 0 Å². The molecule has 0 atom stereocenters. The van der Waals surface area contributed by atoms with E-state index in [0.717, 1.165) is 22.0 Å². The van der Waals surface area contributed by atoms with Crippen molar-refractivity contribution < 1.29 is 9.18 Å². The van der Waals surface area contributed by atoms with Crippen molar-refractivity contribution >= 4 is 28.5 Å². The van der Waals surface area contributed by atoms with Crippen LogP contribution in [-0.4, -0.2) is 23.4 Å². The maximum absolute atomic E-state index is 13.6. The summed E-state index contributed by atoms with van der Waals surface area (Å²) in [5.41, 5.74) is 4.26. The summed E-state index contributed by atoms with van der Waals surface area (Å²) in [4.78, 5) is 20.5. The maximum Gasteiger partial charge on any atom is 0.257 e. The Morgan fingerprint density at radius 1 is 1.03 bits per heavy atom. The van der Waals surface area contributed by atoms with Crippen LogP contribution in [0.3, 0.4) is 0 Å². The molecular formula is C25H23FN4O. The SMILES string of the molecule is Cc1cccc(C(=O)NC(=NCCc2c[nH]c3ccccc23)Nc2cccc(F)c2)c1. The van der Waals surface area contributed by atoms with E-state index < -0.39 is 0 Å². The van der Waals surface area contributed by atoms with E-state index in [0.29, 0.717) is 24.2 Å². The van der Waals surface area contributed by atoms with Gasteiger partial charge < -0.3 is 10.3 Å². The third-order valence-electron chi connectivity index (χ3n) is 4.93. The average molecular weight is 414 g/mol. The highest BCUT2D eigenvalue weighted by molar-refractivity contribution is 6.10. The molecule has 31 heavy (non-hydrogen) atoms. The molecule has 0 unspecified atom stereocenters. The predicted molar refractivity (Wildman–Crippen MR) is 123 cm³/mol. The standard InChI is InChI=1S/C25H23FN4O/c1-17-6-4-7-18(14-17)24(31)30-25(29-21-9-5-8-20(26)15-21)27-13-12-19-16-28-23-11-3-2-10-22(19)23/h2-11,14-16,28H,12-13H2,1H3,(H2,27,29,30,31). The van der Waals surface area contributed by atoms with E-state index in [9.17, 15) is 9.18 Å². The number of halogens is 1. The number of hydrogen-bond donors (Lipinski definition) is 3. The largest absolute Gasteiger partial charge is 0.361 e. The highest BCUT2D eigenvalue weighted by Crippen LogP contribution is 2.18. The van der Waals surface area contributed by atoms with E-state index in [1.807, 2.05) is 43.5 Å². The van der Waals surface area contributed by atoms with Gasteiger partial charge in [0.05, 0.1) is 0 Å². The molecule has 3 aromatic carbocycles. The van der Waals surface area contributed by atoms with Gasteiger partial charge in [0.1, 0.15) is 5.82 Å². The van der Waals surface area contributed by atoms with Gasteiger partial charge in [0.25, 0.3) is 5.91 Å². The fourth-order valence-electron chi connectivity index (χ4n) is 3.41. The second-order valence-corrected chi connectivity index (χ2v) is 7.30. The third-order valence-corrected chi connectivity index (χ3v) is 4.93. The van der Waals surface area contributed by atoms with Crippen LogP contribution in [0.5, 0.6) is 0 Å². The number of anilines is 1. The first-order chi connectivity index (χ1) is 15.1. The first-order valence-corrected chi connectivity index (χ1v) is 10.1. The zero-order valence-electron chi connectivity index (χ0n) is 17.2. The van der Waals surface area contributed by atoms with E-state index >= 15 is 0 Å². The minimum absolute atomic E-state index is 0.275. The third kappa shape index (κ3) is 5.17. The highest BCUT2D eigenvalue weighted by Gasteiger charge is 2.10. The van der Waals surface area contributed by atoms with Gasteiger partial charge in [-0.2, -0.15) is 0 Å². The van der Waals surface area contributed by atoms with Crippen LogP contribution in [-0.2, 0) is 6.42 Å². The van der Waals surface area contributed by atoms with E-state index in [1.165, 1.54) is 12.1 Å². The summed E-state index contributed by atoms with van der Waals surface area (Å²) in [6.07, 6.45) is 2.67. The molecule has 0 radical (unpaired) electrons. The summed E-state index contributed by atoms with van der Waals surface area (Å²) in [6.45, 7) is 2.38. The Balaban J connectivity index is 1.52. The fourth-order valence-corrected chi connectivity index (χ4v) is 3.41. The number of aryl methyl sites for hydroxylation is 1. The van der Waals surface area contributed by atoms with Crippen molar-refractivity contribution in [2.45, 2.75) is 13.3 Å². The second-order valence-electron chi connectivity index (χ2n) is 7.30. The first kappa shape index (κ1) is 20.3. The fraction of sp³-hybridized carbons (Fsp3) is 0.120. The van der Waals surface area contributed by atoms with Crippen LogP contribution in [0.15, 0.2) is 84.0 Å². The maximum atomic E-state index is 13.6. The second kappa shape index (κ2) is 9.26.